The van der Waals surface area contributed by atoms with E-state index in [9.17, 15) is 9.59 Å². The van der Waals surface area contributed by atoms with Crippen molar-refractivity contribution < 1.29 is 24.2 Å². The number of aromatic carboxylic acids is 1. The molecule has 1 amide bonds. The molecular weight excluding hydrogens is 274 g/mol. The van der Waals surface area contributed by atoms with Crippen LogP contribution in [-0.2, 0) is 0 Å². The molecule has 21 heavy (non-hydrogen) atoms. The van der Waals surface area contributed by atoms with Crippen molar-refractivity contribution >= 4 is 17.6 Å². The van der Waals surface area contributed by atoms with Crippen molar-refractivity contribution in [2.45, 2.75) is 0 Å². The molecule has 1 aliphatic rings. The summed E-state index contributed by atoms with van der Waals surface area (Å²) in [6.45, 7) is 0.140. The summed E-state index contributed by atoms with van der Waals surface area (Å²) in [4.78, 5) is 23.0. The van der Waals surface area contributed by atoms with Crippen molar-refractivity contribution in [2.24, 2.45) is 0 Å². The zero-order chi connectivity index (χ0) is 14.8. The summed E-state index contributed by atoms with van der Waals surface area (Å²) in [6, 6.07) is 10.9. The van der Waals surface area contributed by atoms with Crippen LogP contribution in [0.2, 0.25) is 0 Å². The molecule has 0 saturated carbocycles. The second-order valence-electron chi connectivity index (χ2n) is 4.41. The number of carboxylic acids is 1. The van der Waals surface area contributed by atoms with Crippen molar-refractivity contribution in [3.05, 3.63) is 53.6 Å². The minimum atomic E-state index is -1.05. The van der Waals surface area contributed by atoms with Gasteiger partial charge in [-0.3, -0.25) is 4.79 Å². The van der Waals surface area contributed by atoms with Crippen LogP contribution in [0.3, 0.4) is 0 Å². The van der Waals surface area contributed by atoms with E-state index in [-0.39, 0.29) is 18.3 Å². The van der Waals surface area contributed by atoms with Crippen molar-refractivity contribution in [1.82, 2.24) is 0 Å². The third kappa shape index (κ3) is 2.64. The van der Waals surface area contributed by atoms with Gasteiger partial charge in [0.1, 0.15) is 0 Å². The smallest absolute Gasteiger partial charge is 0.335 e. The topological polar surface area (TPSA) is 84.9 Å². The first-order chi connectivity index (χ1) is 10.1. The summed E-state index contributed by atoms with van der Waals surface area (Å²) >= 11 is 0. The Labute approximate surface area is 119 Å². The summed E-state index contributed by atoms with van der Waals surface area (Å²) in [5.74, 6) is -0.286. The predicted octanol–water partition coefficient (Wildman–Crippen LogP) is 2.37. The number of carboxylic acid groups (broad SMARTS) is 1. The third-order valence-corrected chi connectivity index (χ3v) is 3.00. The van der Waals surface area contributed by atoms with Gasteiger partial charge in [0, 0.05) is 11.3 Å². The quantitative estimate of drug-likeness (QED) is 0.904. The van der Waals surface area contributed by atoms with E-state index in [1.807, 2.05) is 0 Å². The molecule has 2 N–H and O–H groups in total. The Morgan fingerprint density at radius 1 is 1.00 bits per heavy atom. The standard InChI is InChI=1S/C15H11NO5/c17-14(9-4-5-12-13(7-9)21-8-20-12)16-11-3-1-2-10(6-11)15(18)19/h1-7H,8H2,(H,16,17)(H,18,19). The van der Waals surface area contributed by atoms with Gasteiger partial charge in [0.2, 0.25) is 6.79 Å². The van der Waals surface area contributed by atoms with Gasteiger partial charge >= 0.3 is 5.97 Å². The van der Waals surface area contributed by atoms with Gasteiger partial charge in [-0.05, 0) is 36.4 Å². The Bertz CT molecular complexity index is 726. The highest BCUT2D eigenvalue weighted by molar-refractivity contribution is 6.05. The number of carbonyl (C=O) groups is 2. The molecule has 2 aromatic rings. The van der Waals surface area contributed by atoms with E-state index in [0.29, 0.717) is 22.7 Å². The summed E-state index contributed by atoms with van der Waals surface area (Å²) < 4.78 is 10.4. The van der Waals surface area contributed by atoms with Crippen LogP contribution in [0.4, 0.5) is 5.69 Å². The fraction of sp³-hybridized carbons (Fsp3) is 0.0667. The molecule has 0 atom stereocenters. The molecule has 6 heteroatoms. The first-order valence-corrected chi connectivity index (χ1v) is 6.18. The Morgan fingerprint density at radius 3 is 2.62 bits per heavy atom. The minimum Gasteiger partial charge on any atom is -0.478 e. The number of anilines is 1. The molecule has 2 aromatic carbocycles. The van der Waals surface area contributed by atoms with Crippen LogP contribution in [0.25, 0.3) is 0 Å². The summed E-state index contributed by atoms with van der Waals surface area (Å²) in [7, 11) is 0. The van der Waals surface area contributed by atoms with Crippen molar-refractivity contribution in [2.75, 3.05) is 12.1 Å². The van der Waals surface area contributed by atoms with Gasteiger partial charge in [-0.15, -0.1) is 0 Å². The summed E-state index contributed by atoms with van der Waals surface area (Å²) in [5, 5.41) is 11.6. The Hall–Kier alpha value is -3.02. The summed E-state index contributed by atoms with van der Waals surface area (Å²) in [6.07, 6.45) is 0. The average molecular weight is 285 g/mol. The molecule has 6 nitrogen and oxygen atoms in total. The number of carbonyl (C=O) groups excluding carboxylic acids is 1. The molecular formula is C15H11NO5. The number of hydrogen-bond donors (Lipinski definition) is 2. The number of benzene rings is 2. The highest BCUT2D eigenvalue weighted by atomic mass is 16.7. The van der Waals surface area contributed by atoms with Gasteiger partial charge in [-0.2, -0.15) is 0 Å². The molecule has 1 aliphatic heterocycles. The molecule has 0 bridgehead atoms. The molecule has 1 heterocycles. The lowest BCUT2D eigenvalue weighted by atomic mass is 10.1. The molecule has 0 fully saturated rings. The van der Waals surface area contributed by atoms with Gasteiger partial charge in [0.25, 0.3) is 5.91 Å². The van der Waals surface area contributed by atoms with E-state index in [2.05, 4.69) is 5.32 Å². The van der Waals surface area contributed by atoms with Crippen LogP contribution in [0.1, 0.15) is 20.7 Å². The zero-order valence-corrected chi connectivity index (χ0v) is 10.8. The maximum absolute atomic E-state index is 12.1. The van der Waals surface area contributed by atoms with Gasteiger partial charge in [-0.25, -0.2) is 4.79 Å². The van der Waals surface area contributed by atoms with Crippen LogP contribution >= 0.6 is 0 Å². The fourth-order valence-corrected chi connectivity index (χ4v) is 1.97. The Balaban J connectivity index is 1.80. The second-order valence-corrected chi connectivity index (χ2v) is 4.41. The van der Waals surface area contributed by atoms with Gasteiger partial charge < -0.3 is 19.9 Å². The predicted molar refractivity (Wildman–Crippen MR) is 73.9 cm³/mol. The lowest BCUT2D eigenvalue weighted by Crippen LogP contribution is -2.12. The molecule has 0 radical (unpaired) electrons. The molecule has 0 aliphatic carbocycles. The van der Waals surface area contributed by atoms with E-state index in [0.717, 1.165) is 0 Å². The zero-order valence-electron chi connectivity index (χ0n) is 10.8. The lowest BCUT2D eigenvalue weighted by molar-refractivity contribution is 0.0696. The largest absolute Gasteiger partial charge is 0.478 e. The normalized spacial score (nSPS) is 12.0. The monoisotopic (exact) mass is 285 g/mol. The maximum Gasteiger partial charge on any atom is 0.335 e. The molecule has 0 aromatic heterocycles. The number of rotatable bonds is 3. The fourth-order valence-electron chi connectivity index (χ4n) is 1.97. The minimum absolute atomic E-state index is 0.110. The first kappa shape index (κ1) is 13.0. The van der Waals surface area contributed by atoms with Crippen molar-refractivity contribution in [1.29, 1.82) is 0 Å². The second kappa shape index (κ2) is 5.16. The van der Waals surface area contributed by atoms with E-state index in [1.54, 1.807) is 30.3 Å². The molecule has 0 unspecified atom stereocenters. The number of hydrogen-bond acceptors (Lipinski definition) is 4. The van der Waals surface area contributed by atoms with Gasteiger partial charge in [0.05, 0.1) is 5.56 Å². The van der Waals surface area contributed by atoms with Crippen molar-refractivity contribution in [3.8, 4) is 11.5 Å². The number of ether oxygens (including phenoxy) is 2. The third-order valence-electron chi connectivity index (χ3n) is 3.00. The van der Waals surface area contributed by atoms with Crippen molar-refractivity contribution in [3.63, 3.8) is 0 Å². The molecule has 0 saturated heterocycles. The maximum atomic E-state index is 12.1. The van der Waals surface area contributed by atoms with Crippen LogP contribution in [0.15, 0.2) is 42.5 Å². The molecule has 106 valence electrons. The molecule has 3 rings (SSSR count). The Kier molecular flexibility index (Phi) is 3.19. The van der Waals surface area contributed by atoms with Crippen LogP contribution < -0.4 is 14.8 Å². The summed E-state index contributed by atoms with van der Waals surface area (Å²) in [5.41, 5.74) is 0.927. The van der Waals surface area contributed by atoms with Gasteiger partial charge in [-0.1, -0.05) is 6.07 Å². The van der Waals surface area contributed by atoms with E-state index >= 15 is 0 Å². The number of nitrogens with one attached hydrogen (secondary N) is 1. The average Bonchev–Trinajstić information content (AvgIpc) is 2.94. The van der Waals surface area contributed by atoms with Crippen LogP contribution in [-0.4, -0.2) is 23.8 Å². The van der Waals surface area contributed by atoms with Crippen LogP contribution in [0.5, 0.6) is 11.5 Å². The van der Waals surface area contributed by atoms with Gasteiger partial charge in [0.15, 0.2) is 11.5 Å². The lowest BCUT2D eigenvalue weighted by Gasteiger charge is -2.06. The van der Waals surface area contributed by atoms with E-state index < -0.39 is 5.97 Å². The number of amides is 1. The highest BCUT2D eigenvalue weighted by Crippen LogP contribution is 2.32. The van der Waals surface area contributed by atoms with E-state index in [1.165, 1.54) is 12.1 Å². The first-order valence-electron chi connectivity index (χ1n) is 6.18. The highest BCUT2D eigenvalue weighted by Gasteiger charge is 2.16. The van der Waals surface area contributed by atoms with Crippen LogP contribution in [0, 0.1) is 0 Å². The SMILES string of the molecule is O=C(O)c1cccc(NC(=O)c2ccc3c(c2)OCO3)c1. The van der Waals surface area contributed by atoms with E-state index in [4.69, 9.17) is 14.6 Å². The number of fused-ring (bicyclic) bond motifs is 1. The molecule has 0 spiro atoms. The Morgan fingerprint density at radius 2 is 1.81 bits per heavy atom.